The number of halogens is 5. The van der Waals surface area contributed by atoms with E-state index in [9.17, 15) is 22.0 Å². The van der Waals surface area contributed by atoms with E-state index in [0.717, 1.165) is 24.3 Å². The summed E-state index contributed by atoms with van der Waals surface area (Å²) in [7, 11) is 0. The summed E-state index contributed by atoms with van der Waals surface area (Å²) in [6, 6.07) is 7.91. The van der Waals surface area contributed by atoms with Crippen LogP contribution >= 0.6 is 0 Å². The fourth-order valence-corrected chi connectivity index (χ4v) is 2.69. The van der Waals surface area contributed by atoms with Gasteiger partial charge in [-0.25, -0.2) is 8.78 Å². The molecule has 0 bridgehead atoms. The van der Waals surface area contributed by atoms with Gasteiger partial charge in [-0.05, 0) is 42.7 Å². The van der Waals surface area contributed by atoms with Gasteiger partial charge in [0.25, 0.3) is 0 Å². The standard InChI is InChI=1S/C17H12F5N/c18-12-2-1-3-13(19)16(12)15-9-8-14(23-15)10-4-6-11(7-5-10)17(20,21)22/h1-7,14H,8-9H2/t14-/m1/s1. The van der Waals surface area contributed by atoms with Crippen molar-refractivity contribution in [2.24, 2.45) is 4.99 Å². The average Bonchev–Trinajstić information content (AvgIpc) is 2.96. The third-order valence-electron chi connectivity index (χ3n) is 3.84. The number of alkyl halides is 3. The summed E-state index contributed by atoms with van der Waals surface area (Å²) in [5, 5.41) is 0. The average molecular weight is 325 g/mol. The summed E-state index contributed by atoms with van der Waals surface area (Å²) in [6.45, 7) is 0. The minimum Gasteiger partial charge on any atom is -0.281 e. The molecule has 0 saturated heterocycles. The van der Waals surface area contributed by atoms with Crippen LogP contribution < -0.4 is 0 Å². The Morgan fingerprint density at radius 2 is 1.52 bits per heavy atom. The van der Waals surface area contributed by atoms with Crippen LogP contribution in [0.25, 0.3) is 0 Å². The maximum atomic E-state index is 13.8. The van der Waals surface area contributed by atoms with Gasteiger partial charge in [0, 0.05) is 5.71 Å². The highest BCUT2D eigenvalue weighted by Crippen LogP contribution is 2.34. The van der Waals surface area contributed by atoms with Crippen molar-refractivity contribution in [3.05, 3.63) is 70.8 Å². The van der Waals surface area contributed by atoms with E-state index in [0.29, 0.717) is 24.1 Å². The molecule has 0 unspecified atom stereocenters. The van der Waals surface area contributed by atoms with E-state index in [2.05, 4.69) is 4.99 Å². The third kappa shape index (κ3) is 3.11. The van der Waals surface area contributed by atoms with E-state index in [4.69, 9.17) is 0 Å². The van der Waals surface area contributed by atoms with E-state index in [1.54, 1.807) is 0 Å². The van der Waals surface area contributed by atoms with E-state index in [1.807, 2.05) is 0 Å². The zero-order chi connectivity index (χ0) is 16.6. The van der Waals surface area contributed by atoms with Crippen molar-refractivity contribution in [2.45, 2.75) is 25.1 Å². The van der Waals surface area contributed by atoms with E-state index in [-0.39, 0.29) is 11.6 Å². The molecule has 2 aromatic rings. The lowest BCUT2D eigenvalue weighted by atomic mass is 10.0. The Labute approximate surface area is 129 Å². The van der Waals surface area contributed by atoms with Crippen LogP contribution in [0.4, 0.5) is 22.0 Å². The molecule has 0 spiro atoms. The second-order valence-electron chi connectivity index (χ2n) is 5.35. The fourth-order valence-electron chi connectivity index (χ4n) is 2.69. The van der Waals surface area contributed by atoms with Crippen LogP contribution in [0, 0.1) is 11.6 Å². The van der Waals surface area contributed by atoms with Gasteiger partial charge >= 0.3 is 6.18 Å². The highest BCUT2D eigenvalue weighted by molar-refractivity contribution is 6.02. The van der Waals surface area contributed by atoms with Gasteiger partial charge in [-0.1, -0.05) is 18.2 Å². The van der Waals surface area contributed by atoms with Gasteiger partial charge in [0.1, 0.15) is 11.6 Å². The molecular weight excluding hydrogens is 313 g/mol. The Morgan fingerprint density at radius 3 is 2.09 bits per heavy atom. The van der Waals surface area contributed by atoms with Crippen LogP contribution in [0.5, 0.6) is 0 Å². The number of nitrogens with zero attached hydrogens (tertiary/aromatic N) is 1. The molecule has 6 heteroatoms. The lowest BCUT2D eigenvalue weighted by Gasteiger charge is -2.10. The molecule has 120 valence electrons. The highest BCUT2D eigenvalue weighted by Gasteiger charge is 2.31. The summed E-state index contributed by atoms with van der Waals surface area (Å²) < 4.78 is 65.2. The van der Waals surface area contributed by atoms with Gasteiger partial charge in [0.15, 0.2) is 0 Å². The molecule has 0 radical (unpaired) electrons. The Morgan fingerprint density at radius 1 is 0.913 bits per heavy atom. The van der Waals surface area contributed by atoms with Crippen LogP contribution in [-0.2, 0) is 6.18 Å². The Hall–Kier alpha value is -2.24. The Kier molecular flexibility index (Phi) is 3.92. The first kappa shape index (κ1) is 15.6. The van der Waals surface area contributed by atoms with Crippen molar-refractivity contribution in [3.8, 4) is 0 Å². The zero-order valence-corrected chi connectivity index (χ0v) is 11.9. The van der Waals surface area contributed by atoms with Crippen molar-refractivity contribution in [3.63, 3.8) is 0 Å². The summed E-state index contributed by atoms with van der Waals surface area (Å²) in [5.41, 5.74) is 0.0285. The minimum atomic E-state index is -4.39. The number of hydrogen-bond acceptors (Lipinski definition) is 1. The molecule has 1 aliphatic heterocycles. The van der Waals surface area contributed by atoms with Crippen LogP contribution in [0.1, 0.15) is 35.6 Å². The highest BCUT2D eigenvalue weighted by atomic mass is 19.4. The third-order valence-corrected chi connectivity index (χ3v) is 3.84. The SMILES string of the molecule is Fc1cccc(F)c1C1=N[C@@H](c2ccc(C(F)(F)F)cc2)CC1. The second-order valence-corrected chi connectivity index (χ2v) is 5.35. The van der Waals surface area contributed by atoms with Gasteiger partial charge < -0.3 is 0 Å². The number of benzene rings is 2. The number of rotatable bonds is 2. The first-order valence-electron chi connectivity index (χ1n) is 7.04. The Balaban J connectivity index is 1.88. The van der Waals surface area contributed by atoms with Gasteiger partial charge in [0.2, 0.25) is 0 Å². The Bertz CT molecular complexity index is 726. The molecule has 2 aromatic carbocycles. The zero-order valence-electron chi connectivity index (χ0n) is 11.9. The molecule has 3 rings (SSSR count). The topological polar surface area (TPSA) is 12.4 Å². The summed E-state index contributed by atoms with van der Waals surface area (Å²) in [6.07, 6.45) is -3.50. The molecule has 0 aliphatic carbocycles. The molecule has 1 aliphatic rings. The van der Waals surface area contributed by atoms with E-state index < -0.39 is 23.4 Å². The molecule has 0 saturated carbocycles. The van der Waals surface area contributed by atoms with Crippen LogP contribution in [0.15, 0.2) is 47.5 Å². The normalized spacial score (nSPS) is 18.1. The maximum Gasteiger partial charge on any atom is 0.416 e. The molecule has 0 amide bonds. The summed E-state index contributed by atoms with van der Waals surface area (Å²) in [5.74, 6) is -1.37. The molecule has 1 nitrogen and oxygen atoms in total. The number of aliphatic imine (C=N–C) groups is 1. The van der Waals surface area contributed by atoms with E-state index >= 15 is 0 Å². The van der Waals surface area contributed by atoms with Crippen LogP contribution in [0.2, 0.25) is 0 Å². The minimum absolute atomic E-state index is 0.151. The molecule has 0 aromatic heterocycles. The number of hydrogen-bond donors (Lipinski definition) is 0. The van der Waals surface area contributed by atoms with E-state index in [1.165, 1.54) is 18.2 Å². The van der Waals surface area contributed by atoms with Gasteiger partial charge in [-0.2, -0.15) is 13.2 Å². The monoisotopic (exact) mass is 325 g/mol. The predicted molar refractivity (Wildman–Crippen MR) is 76.3 cm³/mol. The molecule has 0 N–H and O–H groups in total. The van der Waals surface area contributed by atoms with Crippen molar-refractivity contribution in [1.82, 2.24) is 0 Å². The second kappa shape index (κ2) is 5.76. The first-order valence-corrected chi connectivity index (χ1v) is 7.04. The van der Waals surface area contributed by atoms with Crippen LogP contribution in [0.3, 0.4) is 0 Å². The summed E-state index contributed by atoms with van der Waals surface area (Å²) >= 11 is 0. The molecule has 0 fully saturated rings. The van der Waals surface area contributed by atoms with Crippen molar-refractivity contribution >= 4 is 5.71 Å². The van der Waals surface area contributed by atoms with Crippen LogP contribution in [-0.4, -0.2) is 5.71 Å². The van der Waals surface area contributed by atoms with Crippen molar-refractivity contribution < 1.29 is 22.0 Å². The fraction of sp³-hybridized carbons (Fsp3) is 0.235. The maximum absolute atomic E-state index is 13.8. The van der Waals surface area contributed by atoms with Gasteiger partial charge in [0.05, 0.1) is 17.2 Å². The first-order chi connectivity index (χ1) is 10.9. The van der Waals surface area contributed by atoms with Crippen molar-refractivity contribution in [1.29, 1.82) is 0 Å². The molecule has 1 atom stereocenters. The predicted octanol–water partition coefficient (Wildman–Crippen LogP) is 5.31. The molecular formula is C17H12F5N. The molecule has 23 heavy (non-hydrogen) atoms. The smallest absolute Gasteiger partial charge is 0.281 e. The largest absolute Gasteiger partial charge is 0.416 e. The quantitative estimate of drug-likeness (QED) is 0.664. The molecule has 1 heterocycles. The van der Waals surface area contributed by atoms with Crippen molar-refractivity contribution in [2.75, 3.05) is 0 Å². The van der Waals surface area contributed by atoms with Gasteiger partial charge in [-0.3, -0.25) is 4.99 Å². The lowest BCUT2D eigenvalue weighted by molar-refractivity contribution is -0.137. The lowest BCUT2D eigenvalue weighted by Crippen LogP contribution is -2.05. The summed E-state index contributed by atoms with van der Waals surface area (Å²) in [4.78, 5) is 4.30. The van der Waals surface area contributed by atoms with Gasteiger partial charge in [-0.15, -0.1) is 0 Å².